The molecule has 1 aliphatic heterocycles. The molecule has 0 amide bonds. The maximum absolute atomic E-state index is 10.1. The lowest BCUT2D eigenvalue weighted by Crippen LogP contribution is -2.07. The number of thiophene rings is 1. The van der Waals surface area contributed by atoms with E-state index in [1.54, 1.807) is 11.3 Å². The van der Waals surface area contributed by atoms with Crippen molar-refractivity contribution in [2.75, 3.05) is 6.61 Å². The summed E-state index contributed by atoms with van der Waals surface area (Å²) in [6.45, 7) is 1.51. The summed E-state index contributed by atoms with van der Waals surface area (Å²) in [5, 5.41) is 10.1. The third-order valence-electron chi connectivity index (χ3n) is 2.89. The van der Waals surface area contributed by atoms with E-state index in [1.807, 2.05) is 0 Å². The van der Waals surface area contributed by atoms with Crippen LogP contribution in [0.15, 0.2) is 4.47 Å². The number of hydrogen-bond donors (Lipinski definition) is 1. The van der Waals surface area contributed by atoms with E-state index in [2.05, 4.69) is 15.9 Å². The van der Waals surface area contributed by atoms with Crippen LogP contribution < -0.4 is 0 Å². The molecular weight excluding hydrogens is 264 g/mol. The molecular formula is C10H11BrO2S. The molecule has 1 aromatic heterocycles. The lowest BCUT2D eigenvalue weighted by molar-refractivity contribution is 0.111. The van der Waals surface area contributed by atoms with E-state index < -0.39 is 5.60 Å². The van der Waals surface area contributed by atoms with Crippen molar-refractivity contribution in [3.05, 3.63) is 19.8 Å². The molecule has 0 radical (unpaired) electrons. The van der Waals surface area contributed by atoms with Crippen LogP contribution in [-0.2, 0) is 23.4 Å². The van der Waals surface area contributed by atoms with Crippen LogP contribution in [0, 0.1) is 0 Å². The molecule has 0 spiro atoms. The first kappa shape index (κ1) is 9.33. The fourth-order valence-corrected chi connectivity index (χ4v) is 4.24. The summed E-state index contributed by atoms with van der Waals surface area (Å²) in [5.74, 6) is 0. The van der Waals surface area contributed by atoms with E-state index in [-0.39, 0.29) is 0 Å². The lowest BCUT2D eigenvalue weighted by atomic mass is 10.1. The second-order valence-corrected chi connectivity index (χ2v) is 5.88. The first-order valence-corrected chi connectivity index (χ1v) is 6.42. The summed E-state index contributed by atoms with van der Waals surface area (Å²) in [6.07, 6.45) is 2.81. The van der Waals surface area contributed by atoms with E-state index in [0.29, 0.717) is 6.61 Å². The SMILES string of the molecule is OC1(c2sc3c(c2Br)COCC3)CC1. The molecule has 2 aliphatic rings. The van der Waals surface area contributed by atoms with Gasteiger partial charge in [0.05, 0.1) is 18.1 Å². The monoisotopic (exact) mass is 274 g/mol. The van der Waals surface area contributed by atoms with Gasteiger partial charge in [-0.1, -0.05) is 0 Å². The van der Waals surface area contributed by atoms with Crippen molar-refractivity contribution < 1.29 is 9.84 Å². The fraction of sp³-hybridized carbons (Fsp3) is 0.600. The van der Waals surface area contributed by atoms with Gasteiger partial charge < -0.3 is 9.84 Å². The highest BCUT2D eigenvalue weighted by Gasteiger charge is 2.46. The Kier molecular flexibility index (Phi) is 2.03. The van der Waals surface area contributed by atoms with Crippen molar-refractivity contribution >= 4 is 27.3 Å². The van der Waals surface area contributed by atoms with Crippen LogP contribution in [-0.4, -0.2) is 11.7 Å². The molecule has 2 nitrogen and oxygen atoms in total. The minimum Gasteiger partial charge on any atom is -0.384 e. The van der Waals surface area contributed by atoms with Gasteiger partial charge in [-0.05, 0) is 28.8 Å². The van der Waals surface area contributed by atoms with E-state index >= 15 is 0 Å². The maximum atomic E-state index is 10.1. The smallest absolute Gasteiger partial charge is 0.100 e. The van der Waals surface area contributed by atoms with Gasteiger partial charge in [-0.15, -0.1) is 11.3 Å². The van der Waals surface area contributed by atoms with E-state index in [1.165, 1.54) is 10.4 Å². The minimum absolute atomic E-state index is 0.513. The Morgan fingerprint density at radius 2 is 2.21 bits per heavy atom. The zero-order valence-corrected chi connectivity index (χ0v) is 10.1. The second-order valence-electron chi connectivity index (χ2n) is 3.98. The van der Waals surface area contributed by atoms with Gasteiger partial charge in [0.25, 0.3) is 0 Å². The minimum atomic E-state index is -0.513. The first-order chi connectivity index (χ1) is 6.71. The third-order valence-corrected chi connectivity index (χ3v) is 5.51. The van der Waals surface area contributed by atoms with Gasteiger partial charge in [0.15, 0.2) is 0 Å². The Bertz CT molecular complexity index is 382. The van der Waals surface area contributed by atoms with Crippen LogP contribution in [0.4, 0.5) is 0 Å². The molecule has 4 heteroatoms. The molecule has 0 atom stereocenters. The van der Waals surface area contributed by atoms with Gasteiger partial charge in [-0.2, -0.15) is 0 Å². The van der Waals surface area contributed by atoms with Gasteiger partial charge in [-0.25, -0.2) is 0 Å². The predicted molar refractivity (Wildman–Crippen MR) is 58.5 cm³/mol. The number of ether oxygens (including phenoxy) is 1. The molecule has 1 aromatic rings. The Balaban J connectivity index is 2.09. The zero-order valence-electron chi connectivity index (χ0n) is 7.68. The van der Waals surface area contributed by atoms with Crippen molar-refractivity contribution in [3.8, 4) is 0 Å². The van der Waals surface area contributed by atoms with E-state index in [4.69, 9.17) is 4.74 Å². The topological polar surface area (TPSA) is 29.5 Å². The quantitative estimate of drug-likeness (QED) is 0.853. The molecule has 0 aromatic carbocycles. The van der Waals surface area contributed by atoms with Crippen LogP contribution in [0.25, 0.3) is 0 Å². The largest absolute Gasteiger partial charge is 0.384 e. The Morgan fingerprint density at radius 1 is 1.43 bits per heavy atom. The number of fused-ring (bicyclic) bond motifs is 1. The third kappa shape index (κ3) is 1.28. The molecule has 2 heterocycles. The molecule has 76 valence electrons. The van der Waals surface area contributed by atoms with Crippen molar-refractivity contribution in [2.24, 2.45) is 0 Å². The van der Waals surface area contributed by atoms with Crippen LogP contribution in [0.5, 0.6) is 0 Å². The summed E-state index contributed by atoms with van der Waals surface area (Å²) < 4.78 is 6.51. The summed E-state index contributed by atoms with van der Waals surface area (Å²) >= 11 is 5.34. The van der Waals surface area contributed by atoms with Crippen LogP contribution in [0.1, 0.15) is 28.2 Å². The summed E-state index contributed by atoms with van der Waals surface area (Å²) in [5.41, 5.74) is 0.748. The molecule has 0 saturated heterocycles. The number of aliphatic hydroxyl groups is 1. The average Bonchev–Trinajstić information content (AvgIpc) is 2.84. The Morgan fingerprint density at radius 3 is 2.86 bits per heavy atom. The molecule has 0 bridgehead atoms. The second kappa shape index (κ2) is 3.04. The predicted octanol–water partition coefficient (Wildman–Crippen LogP) is 2.56. The van der Waals surface area contributed by atoms with Gasteiger partial charge in [0, 0.05) is 21.3 Å². The molecule has 0 unspecified atom stereocenters. The summed E-state index contributed by atoms with van der Waals surface area (Å²) in [7, 11) is 0. The summed E-state index contributed by atoms with van der Waals surface area (Å²) in [4.78, 5) is 2.51. The molecule has 1 aliphatic carbocycles. The number of halogens is 1. The van der Waals surface area contributed by atoms with Gasteiger partial charge >= 0.3 is 0 Å². The van der Waals surface area contributed by atoms with Crippen molar-refractivity contribution in [2.45, 2.75) is 31.5 Å². The van der Waals surface area contributed by atoms with E-state index in [0.717, 1.165) is 35.2 Å². The standard InChI is InChI=1S/C10H11BrO2S/c11-8-6-5-13-4-1-7(6)14-9(8)10(12)2-3-10/h12H,1-5H2. The summed E-state index contributed by atoms with van der Waals surface area (Å²) in [6, 6.07) is 0. The van der Waals surface area contributed by atoms with Gasteiger partial charge in [0.2, 0.25) is 0 Å². The molecule has 3 rings (SSSR count). The van der Waals surface area contributed by atoms with Gasteiger partial charge in [0.1, 0.15) is 5.60 Å². The molecule has 14 heavy (non-hydrogen) atoms. The Hall–Kier alpha value is 0.1000. The average molecular weight is 275 g/mol. The molecule has 1 fully saturated rings. The fourth-order valence-electron chi connectivity index (χ4n) is 1.82. The number of rotatable bonds is 1. The number of hydrogen-bond acceptors (Lipinski definition) is 3. The van der Waals surface area contributed by atoms with Crippen molar-refractivity contribution in [1.29, 1.82) is 0 Å². The zero-order chi connectivity index (χ0) is 9.76. The van der Waals surface area contributed by atoms with E-state index in [9.17, 15) is 5.11 Å². The molecule has 1 saturated carbocycles. The van der Waals surface area contributed by atoms with Crippen molar-refractivity contribution in [1.82, 2.24) is 0 Å². The van der Waals surface area contributed by atoms with Crippen LogP contribution in [0.2, 0.25) is 0 Å². The van der Waals surface area contributed by atoms with Gasteiger partial charge in [-0.3, -0.25) is 0 Å². The Labute approximate surface area is 95.0 Å². The highest BCUT2D eigenvalue weighted by molar-refractivity contribution is 9.10. The maximum Gasteiger partial charge on any atom is 0.100 e. The lowest BCUT2D eigenvalue weighted by Gasteiger charge is -2.11. The first-order valence-electron chi connectivity index (χ1n) is 4.81. The molecule has 1 N–H and O–H groups in total. The van der Waals surface area contributed by atoms with Crippen LogP contribution >= 0.6 is 27.3 Å². The normalized spacial score (nSPS) is 23.3. The van der Waals surface area contributed by atoms with Crippen LogP contribution in [0.3, 0.4) is 0 Å². The highest BCUT2D eigenvalue weighted by Crippen LogP contribution is 2.53. The highest BCUT2D eigenvalue weighted by atomic mass is 79.9. The van der Waals surface area contributed by atoms with Crippen molar-refractivity contribution in [3.63, 3.8) is 0 Å².